The Labute approximate surface area is 194 Å². The maximum atomic E-state index is 14.0. The lowest BCUT2D eigenvalue weighted by atomic mass is 10.2. The van der Waals surface area contributed by atoms with Gasteiger partial charge in [0.2, 0.25) is 9.63 Å². The zero-order chi connectivity index (χ0) is 23.8. The molecule has 0 radical (unpaired) electrons. The molecule has 32 heavy (non-hydrogen) atoms. The van der Waals surface area contributed by atoms with E-state index in [0.29, 0.717) is 11.0 Å². The third-order valence-corrected chi connectivity index (χ3v) is 4.97. The number of nitrogens with zero attached hydrogens (tertiary/aromatic N) is 3. The van der Waals surface area contributed by atoms with Crippen LogP contribution in [-0.2, 0) is 11.0 Å². The highest BCUT2D eigenvalue weighted by atomic mass is 35.6. The van der Waals surface area contributed by atoms with Gasteiger partial charge in [0.15, 0.2) is 6.17 Å². The van der Waals surface area contributed by atoms with E-state index >= 15 is 0 Å². The van der Waals surface area contributed by atoms with Gasteiger partial charge in [0, 0.05) is 7.05 Å². The van der Waals surface area contributed by atoms with Crippen molar-refractivity contribution in [1.82, 2.24) is 4.90 Å². The van der Waals surface area contributed by atoms with Crippen LogP contribution in [0.25, 0.3) is 0 Å². The molecule has 1 atom stereocenters. The number of amides is 3. The first kappa shape index (κ1) is 24.1. The lowest BCUT2D eigenvalue weighted by Gasteiger charge is -2.24. The SMILES string of the molecule is CN1C(=O)N(c2cccc(C(F)(F)F)c2)C(=O)C1=NC(Nc1ccccc1F)C(Cl)(Cl)Cl. The minimum atomic E-state index is -4.69. The maximum Gasteiger partial charge on any atom is 0.416 e. The van der Waals surface area contributed by atoms with E-state index in [1.807, 2.05) is 0 Å². The number of halogens is 7. The van der Waals surface area contributed by atoms with Gasteiger partial charge in [-0.2, -0.15) is 13.2 Å². The second-order valence-electron chi connectivity index (χ2n) is 6.55. The predicted molar refractivity (Wildman–Crippen MR) is 114 cm³/mol. The fourth-order valence-corrected chi connectivity index (χ4v) is 3.11. The second kappa shape index (κ2) is 8.76. The minimum absolute atomic E-state index is 0.0951. The van der Waals surface area contributed by atoms with E-state index in [0.717, 1.165) is 29.2 Å². The molecule has 3 rings (SSSR count). The number of amidine groups is 1. The number of rotatable bonds is 4. The summed E-state index contributed by atoms with van der Waals surface area (Å²) in [6.07, 6.45) is -6.21. The molecule has 2 aromatic carbocycles. The Hall–Kier alpha value is -2.56. The van der Waals surface area contributed by atoms with Crippen molar-refractivity contribution in [2.24, 2.45) is 4.99 Å². The van der Waals surface area contributed by atoms with Crippen molar-refractivity contribution in [3.8, 4) is 0 Å². The number of urea groups is 1. The number of hydrogen-bond donors (Lipinski definition) is 1. The summed E-state index contributed by atoms with van der Waals surface area (Å²) < 4.78 is 50.9. The molecule has 3 amide bonds. The highest BCUT2D eigenvalue weighted by molar-refractivity contribution is 6.68. The van der Waals surface area contributed by atoms with Crippen molar-refractivity contribution in [3.63, 3.8) is 0 Å². The van der Waals surface area contributed by atoms with E-state index in [9.17, 15) is 27.2 Å². The molecule has 0 aromatic heterocycles. The molecular weight excluding hydrogens is 499 g/mol. The molecule has 1 heterocycles. The Morgan fingerprint density at radius 1 is 1.03 bits per heavy atom. The number of benzene rings is 2. The minimum Gasteiger partial charge on any atom is -0.358 e. The molecule has 1 fully saturated rings. The monoisotopic (exact) mass is 510 g/mol. The average molecular weight is 512 g/mol. The summed E-state index contributed by atoms with van der Waals surface area (Å²) in [6.45, 7) is 0. The maximum absolute atomic E-state index is 14.0. The van der Waals surface area contributed by atoms with Gasteiger partial charge in [0.05, 0.1) is 16.9 Å². The molecule has 1 saturated heterocycles. The van der Waals surface area contributed by atoms with Crippen LogP contribution >= 0.6 is 34.8 Å². The average Bonchev–Trinajstić information content (AvgIpc) is 2.90. The topological polar surface area (TPSA) is 65.0 Å². The molecule has 0 aliphatic carbocycles. The zero-order valence-electron chi connectivity index (χ0n) is 16.0. The van der Waals surface area contributed by atoms with Crippen molar-refractivity contribution in [2.45, 2.75) is 16.1 Å². The van der Waals surface area contributed by atoms with Crippen molar-refractivity contribution in [3.05, 3.63) is 59.9 Å². The van der Waals surface area contributed by atoms with Crippen LogP contribution in [0, 0.1) is 5.82 Å². The van der Waals surface area contributed by atoms with Gasteiger partial charge in [0.1, 0.15) is 5.82 Å². The number of imide groups is 1. The third kappa shape index (κ3) is 4.92. The zero-order valence-corrected chi connectivity index (χ0v) is 18.3. The van der Waals surface area contributed by atoms with Gasteiger partial charge < -0.3 is 5.32 Å². The molecule has 1 aliphatic heterocycles. The summed E-state index contributed by atoms with van der Waals surface area (Å²) in [5.41, 5.74) is -1.47. The molecule has 0 spiro atoms. The summed E-state index contributed by atoms with van der Waals surface area (Å²) >= 11 is 17.8. The first-order valence-corrected chi connectivity index (χ1v) is 9.89. The number of para-hydroxylation sites is 1. The molecule has 2 aromatic rings. The molecule has 1 N–H and O–H groups in total. The summed E-state index contributed by atoms with van der Waals surface area (Å²) in [7, 11) is 1.17. The Bertz CT molecular complexity index is 1090. The summed E-state index contributed by atoms with van der Waals surface area (Å²) in [5.74, 6) is -2.27. The van der Waals surface area contributed by atoms with Gasteiger partial charge in [0.25, 0.3) is 0 Å². The fourth-order valence-electron chi connectivity index (χ4n) is 2.80. The van der Waals surface area contributed by atoms with Gasteiger partial charge >= 0.3 is 18.1 Å². The molecular formula is C19H13Cl3F4N4O2. The highest BCUT2D eigenvalue weighted by Crippen LogP contribution is 2.35. The molecule has 170 valence electrons. The van der Waals surface area contributed by atoms with Crippen LogP contribution in [0.15, 0.2) is 53.5 Å². The number of anilines is 2. The van der Waals surface area contributed by atoms with Gasteiger partial charge in [-0.15, -0.1) is 0 Å². The first-order valence-electron chi connectivity index (χ1n) is 8.75. The molecule has 0 saturated carbocycles. The van der Waals surface area contributed by atoms with Crippen LogP contribution in [0.1, 0.15) is 5.56 Å². The second-order valence-corrected chi connectivity index (χ2v) is 8.92. The van der Waals surface area contributed by atoms with Crippen LogP contribution < -0.4 is 10.2 Å². The number of aliphatic imine (C=N–C) groups is 1. The quantitative estimate of drug-likeness (QED) is 0.337. The molecule has 6 nitrogen and oxygen atoms in total. The van der Waals surface area contributed by atoms with E-state index in [-0.39, 0.29) is 11.4 Å². The highest BCUT2D eigenvalue weighted by Gasteiger charge is 2.44. The fraction of sp³-hybridized carbons (Fsp3) is 0.211. The van der Waals surface area contributed by atoms with Crippen LogP contribution in [-0.4, -0.2) is 39.7 Å². The number of carbonyl (C=O) groups is 2. The van der Waals surface area contributed by atoms with E-state index in [1.165, 1.54) is 25.2 Å². The van der Waals surface area contributed by atoms with Crippen LogP contribution in [0.5, 0.6) is 0 Å². The Balaban J connectivity index is 1.99. The number of carbonyl (C=O) groups excluding carboxylic acids is 2. The molecule has 13 heteroatoms. The molecule has 1 unspecified atom stereocenters. The van der Waals surface area contributed by atoms with Crippen LogP contribution in [0.2, 0.25) is 0 Å². The van der Waals surface area contributed by atoms with Crippen LogP contribution in [0.3, 0.4) is 0 Å². The van der Waals surface area contributed by atoms with Gasteiger partial charge in [-0.1, -0.05) is 53.0 Å². The largest absolute Gasteiger partial charge is 0.416 e. The normalized spacial score (nSPS) is 17.3. The standard InChI is InChI=1S/C19H13Cl3F4N4O2/c1-29-14(28-16(18(20,21)22)27-13-8-3-2-7-12(13)23)15(31)30(17(29)32)11-6-4-5-10(9-11)19(24,25)26/h2-9,16,27H,1H3. The third-order valence-electron chi connectivity index (χ3n) is 4.35. The molecule has 0 bridgehead atoms. The predicted octanol–water partition coefficient (Wildman–Crippen LogP) is 5.45. The number of likely N-dealkylation sites (N-methyl/N-ethyl adjacent to an activating group) is 1. The van der Waals surface area contributed by atoms with Gasteiger partial charge in [-0.3, -0.25) is 9.69 Å². The Morgan fingerprint density at radius 3 is 2.28 bits per heavy atom. The van der Waals surface area contributed by atoms with E-state index in [1.54, 1.807) is 0 Å². The number of nitrogens with one attached hydrogen (secondary N) is 1. The Morgan fingerprint density at radius 2 is 1.69 bits per heavy atom. The summed E-state index contributed by atoms with van der Waals surface area (Å²) in [4.78, 5) is 30.8. The van der Waals surface area contributed by atoms with E-state index < -0.39 is 45.3 Å². The van der Waals surface area contributed by atoms with Gasteiger partial charge in [-0.05, 0) is 30.3 Å². The van der Waals surface area contributed by atoms with Crippen molar-refractivity contribution in [2.75, 3.05) is 17.3 Å². The number of hydrogen-bond acceptors (Lipinski definition) is 4. The van der Waals surface area contributed by atoms with Gasteiger partial charge in [-0.25, -0.2) is 19.1 Å². The van der Waals surface area contributed by atoms with E-state index in [4.69, 9.17) is 34.8 Å². The smallest absolute Gasteiger partial charge is 0.358 e. The van der Waals surface area contributed by atoms with Crippen molar-refractivity contribution in [1.29, 1.82) is 0 Å². The lowest BCUT2D eigenvalue weighted by Crippen LogP contribution is -2.36. The summed E-state index contributed by atoms with van der Waals surface area (Å²) in [5, 5.41) is 2.54. The summed E-state index contributed by atoms with van der Waals surface area (Å²) in [6, 6.07) is 8.08. The number of alkyl halides is 6. The lowest BCUT2D eigenvalue weighted by molar-refractivity contribution is -0.137. The van der Waals surface area contributed by atoms with Crippen molar-refractivity contribution < 1.29 is 27.2 Å². The van der Waals surface area contributed by atoms with E-state index in [2.05, 4.69) is 10.3 Å². The first-order chi connectivity index (χ1) is 14.8. The van der Waals surface area contributed by atoms with Crippen LogP contribution in [0.4, 0.5) is 33.7 Å². The Kier molecular flexibility index (Phi) is 6.60. The van der Waals surface area contributed by atoms with Crippen molar-refractivity contribution >= 4 is 64.0 Å². The molecule has 1 aliphatic rings.